The molecule has 2 fully saturated rings. The van der Waals surface area contributed by atoms with Gasteiger partial charge in [0.15, 0.2) is 9.84 Å². The summed E-state index contributed by atoms with van der Waals surface area (Å²) >= 11 is 0. The van der Waals surface area contributed by atoms with Crippen molar-refractivity contribution in [1.82, 2.24) is 20.9 Å². The summed E-state index contributed by atoms with van der Waals surface area (Å²) in [5.41, 5.74) is 0.737. The van der Waals surface area contributed by atoms with Crippen LogP contribution in [0.2, 0.25) is 0 Å². The number of β-amino-alcohol motifs (C(OH)–C–C–N with tert-alkyl or cyclic N) is 1. The Morgan fingerprint density at radius 3 is 2.08 bits per heavy atom. The molecule has 270 valence electrons. The second kappa shape index (κ2) is 16.2. The van der Waals surface area contributed by atoms with E-state index >= 15 is 0 Å². The zero-order chi connectivity index (χ0) is 36.0. The van der Waals surface area contributed by atoms with Gasteiger partial charge in [-0.05, 0) is 83.4 Å². The number of rotatable bonds is 13. The molecular weight excluding hydrogens is 641 g/mol. The van der Waals surface area contributed by atoms with Crippen LogP contribution in [0.3, 0.4) is 0 Å². The predicted molar refractivity (Wildman–Crippen MR) is 193 cm³/mol. The van der Waals surface area contributed by atoms with Crippen LogP contribution >= 0.6 is 0 Å². The number of piperidine rings is 1. The topological polar surface area (TPSA) is 145 Å². The highest BCUT2D eigenvalue weighted by Crippen LogP contribution is 2.39. The number of fused-ring (bicyclic) bond motifs is 1. The van der Waals surface area contributed by atoms with Crippen LogP contribution in [0, 0.1) is 11.8 Å². The van der Waals surface area contributed by atoms with Crippen LogP contribution in [-0.2, 0) is 25.8 Å². The van der Waals surface area contributed by atoms with E-state index in [2.05, 4.69) is 20.9 Å². The number of hydrogen-bond donors (Lipinski definition) is 4. The first kappa shape index (κ1) is 38.5. The van der Waals surface area contributed by atoms with E-state index < -0.39 is 56.2 Å². The fraction of sp³-hybridized carbons (Fsp3) is 0.605. The third kappa shape index (κ3) is 9.92. The van der Waals surface area contributed by atoms with E-state index in [1.165, 1.54) is 20.8 Å². The highest BCUT2D eigenvalue weighted by Gasteiger charge is 2.47. The molecule has 0 bridgehead atoms. The number of benzene rings is 2. The predicted octanol–water partition coefficient (Wildman–Crippen LogP) is 3.88. The molecule has 2 aromatic carbocycles. The molecule has 6 atom stereocenters. The van der Waals surface area contributed by atoms with Crippen molar-refractivity contribution in [1.29, 1.82) is 0 Å². The second-order valence-corrected chi connectivity index (χ2v) is 18.3. The number of aliphatic hydroxyl groups excluding tert-OH is 1. The average molecular weight is 697 g/mol. The fourth-order valence-corrected chi connectivity index (χ4v) is 8.59. The van der Waals surface area contributed by atoms with Gasteiger partial charge in [0.25, 0.3) is 5.91 Å². The second-order valence-electron chi connectivity index (χ2n) is 15.4. The first-order valence-corrected chi connectivity index (χ1v) is 19.3. The van der Waals surface area contributed by atoms with Gasteiger partial charge < -0.3 is 21.1 Å². The van der Waals surface area contributed by atoms with E-state index in [0.717, 1.165) is 31.2 Å². The van der Waals surface area contributed by atoms with Crippen molar-refractivity contribution in [2.24, 2.45) is 11.8 Å². The third-order valence-corrected chi connectivity index (χ3v) is 12.9. The molecule has 1 aliphatic heterocycles. The molecule has 6 unspecified atom stereocenters. The first-order valence-electron chi connectivity index (χ1n) is 17.7. The lowest BCUT2D eigenvalue weighted by Crippen LogP contribution is -2.64. The van der Waals surface area contributed by atoms with Gasteiger partial charge in [-0.15, -0.1) is 0 Å². The molecule has 0 radical (unpaired) electrons. The van der Waals surface area contributed by atoms with Crippen molar-refractivity contribution in [3.05, 3.63) is 71.8 Å². The van der Waals surface area contributed by atoms with Crippen LogP contribution < -0.4 is 16.0 Å². The molecule has 1 saturated heterocycles. The molecule has 3 amide bonds. The van der Waals surface area contributed by atoms with Gasteiger partial charge in [0.05, 0.1) is 22.9 Å². The lowest BCUT2D eigenvalue weighted by Gasteiger charge is -2.47. The summed E-state index contributed by atoms with van der Waals surface area (Å²) in [6.45, 7) is 11.1. The Balaban J connectivity index is 1.64. The van der Waals surface area contributed by atoms with Crippen LogP contribution in [0.1, 0.15) is 89.6 Å². The van der Waals surface area contributed by atoms with Crippen molar-refractivity contribution < 1.29 is 27.9 Å². The van der Waals surface area contributed by atoms with E-state index in [1.54, 1.807) is 30.3 Å². The number of carbonyl (C=O) groups is 3. The summed E-state index contributed by atoms with van der Waals surface area (Å²) in [5.74, 6) is -0.699. The zero-order valence-corrected chi connectivity index (χ0v) is 30.8. The average Bonchev–Trinajstić information content (AvgIpc) is 3.06. The minimum Gasteiger partial charge on any atom is -0.390 e. The highest BCUT2D eigenvalue weighted by molar-refractivity contribution is 7.92. The number of hydrogen-bond acceptors (Lipinski definition) is 7. The van der Waals surface area contributed by atoms with Crippen LogP contribution in [0.4, 0.5) is 0 Å². The number of likely N-dealkylation sites (tertiary alicyclic amines) is 1. The minimum atomic E-state index is -3.84. The van der Waals surface area contributed by atoms with E-state index in [4.69, 9.17) is 0 Å². The number of carbonyl (C=O) groups excluding carboxylic acids is 3. The molecule has 0 spiro atoms. The third-order valence-electron chi connectivity index (χ3n) is 10.3. The summed E-state index contributed by atoms with van der Waals surface area (Å²) < 4.78 is 25.0. The summed E-state index contributed by atoms with van der Waals surface area (Å²) in [5, 5.41) is 20.8. The van der Waals surface area contributed by atoms with Crippen molar-refractivity contribution in [2.75, 3.05) is 18.8 Å². The Kier molecular flexibility index (Phi) is 12.7. The van der Waals surface area contributed by atoms with Gasteiger partial charge in [-0.2, -0.15) is 0 Å². The van der Waals surface area contributed by atoms with Gasteiger partial charge in [-0.25, -0.2) is 8.42 Å². The van der Waals surface area contributed by atoms with Gasteiger partial charge in [0.2, 0.25) is 11.8 Å². The number of aliphatic hydroxyl groups is 1. The van der Waals surface area contributed by atoms with Gasteiger partial charge in [-0.3, -0.25) is 19.3 Å². The number of nitrogens with zero attached hydrogens (tertiary/aromatic N) is 1. The molecule has 2 aliphatic rings. The number of nitrogens with one attached hydrogen (secondary N) is 3. The summed E-state index contributed by atoms with van der Waals surface area (Å²) in [6, 6.07) is 15.0. The van der Waals surface area contributed by atoms with Gasteiger partial charge in [-0.1, -0.05) is 74.7 Å². The standard InChI is InChI=1S/C38H56N4O6S/c1-7-49(47,48)38(5,6)33(40-34(44)27-18-12-9-13-19-27)36(46)39-30(22-26-16-10-8-11-17-26)32(43)25-42-24-29-21-15-14-20-28(29)23-31(42)35(45)41-37(2,3)4/h8-13,16-19,28-33,43H,7,14-15,20-25H2,1-6H3,(H,39,46)(H,40,44)(H,41,45). The molecule has 11 heteroatoms. The highest BCUT2D eigenvalue weighted by atomic mass is 32.2. The molecule has 4 rings (SSSR count). The van der Waals surface area contributed by atoms with Gasteiger partial charge >= 0.3 is 0 Å². The summed E-state index contributed by atoms with van der Waals surface area (Å²) in [4.78, 5) is 43.3. The van der Waals surface area contributed by atoms with Crippen LogP contribution in [0.5, 0.6) is 0 Å². The van der Waals surface area contributed by atoms with E-state index in [-0.39, 0.29) is 30.2 Å². The Bertz CT molecular complexity index is 1530. The van der Waals surface area contributed by atoms with Gasteiger partial charge in [0, 0.05) is 29.9 Å². The molecule has 4 N–H and O–H groups in total. The molecule has 49 heavy (non-hydrogen) atoms. The van der Waals surface area contributed by atoms with E-state index in [9.17, 15) is 27.9 Å². The summed E-state index contributed by atoms with van der Waals surface area (Å²) in [6.07, 6.45) is 4.35. The number of amides is 3. The Morgan fingerprint density at radius 1 is 0.898 bits per heavy atom. The van der Waals surface area contributed by atoms with E-state index in [1.807, 2.05) is 51.1 Å². The fourth-order valence-electron chi connectivity index (χ4n) is 7.32. The van der Waals surface area contributed by atoms with Crippen molar-refractivity contribution >= 4 is 27.6 Å². The first-order chi connectivity index (χ1) is 23.0. The maximum atomic E-state index is 14.3. The van der Waals surface area contributed by atoms with Crippen LogP contribution in [-0.4, -0.2) is 89.5 Å². The molecular formula is C38H56N4O6S. The maximum Gasteiger partial charge on any atom is 0.251 e. The van der Waals surface area contributed by atoms with Crippen LogP contribution in [0.15, 0.2) is 60.7 Å². The Labute approximate surface area is 292 Å². The quantitative estimate of drug-likeness (QED) is 0.249. The lowest BCUT2D eigenvalue weighted by molar-refractivity contribution is -0.133. The zero-order valence-electron chi connectivity index (χ0n) is 29.9. The van der Waals surface area contributed by atoms with Crippen molar-refractivity contribution in [2.45, 2.75) is 115 Å². The van der Waals surface area contributed by atoms with Gasteiger partial charge in [0.1, 0.15) is 6.04 Å². The SMILES string of the molecule is CCS(=O)(=O)C(C)(C)C(NC(=O)c1ccccc1)C(=O)NC(Cc1ccccc1)C(O)CN1CC2CCCCC2CC1C(=O)NC(C)(C)C. The molecule has 1 heterocycles. The lowest BCUT2D eigenvalue weighted by atomic mass is 9.72. The van der Waals surface area contributed by atoms with Crippen molar-refractivity contribution in [3.63, 3.8) is 0 Å². The van der Waals surface area contributed by atoms with Crippen LogP contribution in [0.25, 0.3) is 0 Å². The normalized spacial score (nSPS) is 22.2. The molecule has 2 aromatic rings. The minimum absolute atomic E-state index is 0.0671. The maximum absolute atomic E-state index is 14.3. The Morgan fingerprint density at radius 2 is 1.49 bits per heavy atom. The smallest absolute Gasteiger partial charge is 0.251 e. The monoisotopic (exact) mass is 696 g/mol. The molecule has 10 nitrogen and oxygen atoms in total. The largest absolute Gasteiger partial charge is 0.390 e. The molecule has 0 aromatic heterocycles. The van der Waals surface area contributed by atoms with Crippen molar-refractivity contribution in [3.8, 4) is 0 Å². The van der Waals surface area contributed by atoms with E-state index in [0.29, 0.717) is 24.8 Å². The molecule has 1 saturated carbocycles. The summed E-state index contributed by atoms with van der Waals surface area (Å²) in [7, 11) is -3.84. The number of sulfone groups is 1. The molecule has 1 aliphatic carbocycles. The Hall–Kier alpha value is -3.28.